The molecule has 0 spiro atoms. The first kappa shape index (κ1) is 14.3. The van der Waals surface area contributed by atoms with Crippen molar-refractivity contribution in [2.75, 3.05) is 0 Å². The first-order chi connectivity index (χ1) is 10.1. The third-order valence-corrected chi connectivity index (χ3v) is 5.01. The minimum Gasteiger partial charge on any atom is -0.331 e. The van der Waals surface area contributed by atoms with Gasteiger partial charge in [0.05, 0.1) is 10.7 Å². The SMILES string of the molecule is Cc1nc(C)c(C(=O)N(Cc2ccccc2C)C2CC2)s1. The summed E-state index contributed by atoms with van der Waals surface area (Å²) < 4.78 is 0. The Morgan fingerprint density at radius 3 is 2.57 bits per heavy atom. The van der Waals surface area contributed by atoms with Gasteiger partial charge in [0.2, 0.25) is 0 Å². The smallest absolute Gasteiger partial charge is 0.266 e. The van der Waals surface area contributed by atoms with E-state index in [2.05, 4.69) is 24.0 Å². The van der Waals surface area contributed by atoms with Crippen molar-refractivity contribution in [2.24, 2.45) is 0 Å². The topological polar surface area (TPSA) is 33.2 Å². The van der Waals surface area contributed by atoms with Gasteiger partial charge in [0.25, 0.3) is 5.91 Å². The molecule has 1 heterocycles. The summed E-state index contributed by atoms with van der Waals surface area (Å²) in [6.07, 6.45) is 2.24. The molecule has 0 radical (unpaired) electrons. The number of rotatable bonds is 4. The molecule has 1 saturated carbocycles. The maximum atomic E-state index is 12.9. The number of aromatic nitrogens is 1. The van der Waals surface area contributed by atoms with Crippen LogP contribution in [-0.2, 0) is 6.54 Å². The summed E-state index contributed by atoms with van der Waals surface area (Å²) in [7, 11) is 0. The standard InChI is InChI=1S/C17H20N2OS/c1-11-6-4-5-7-14(11)10-19(15-8-9-15)17(20)16-12(2)18-13(3)21-16/h4-7,15H,8-10H2,1-3H3. The lowest BCUT2D eigenvalue weighted by Gasteiger charge is -2.23. The zero-order chi connectivity index (χ0) is 15.0. The van der Waals surface area contributed by atoms with Gasteiger partial charge in [-0.05, 0) is 44.7 Å². The van der Waals surface area contributed by atoms with Crippen LogP contribution in [0.1, 0.15) is 44.3 Å². The molecule has 1 aliphatic carbocycles. The second-order valence-electron chi connectivity index (χ2n) is 5.74. The molecule has 0 unspecified atom stereocenters. The number of nitrogens with zero attached hydrogens (tertiary/aromatic N) is 2. The van der Waals surface area contributed by atoms with Crippen LogP contribution in [0.4, 0.5) is 0 Å². The Morgan fingerprint density at radius 1 is 1.29 bits per heavy atom. The van der Waals surface area contributed by atoms with E-state index in [1.165, 1.54) is 22.5 Å². The maximum absolute atomic E-state index is 12.9. The molecular formula is C17H20N2OS. The maximum Gasteiger partial charge on any atom is 0.266 e. The summed E-state index contributed by atoms with van der Waals surface area (Å²) in [6, 6.07) is 8.70. The van der Waals surface area contributed by atoms with Crippen LogP contribution in [0.15, 0.2) is 24.3 Å². The van der Waals surface area contributed by atoms with Crippen molar-refractivity contribution in [3.63, 3.8) is 0 Å². The molecule has 1 aromatic carbocycles. The highest BCUT2D eigenvalue weighted by Gasteiger charge is 2.34. The summed E-state index contributed by atoms with van der Waals surface area (Å²) >= 11 is 1.51. The predicted octanol–water partition coefficient (Wildman–Crippen LogP) is 3.87. The lowest BCUT2D eigenvalue weighted by molar-refractivity contribution is 0.0733. The van der Waals surface area contributed by atoms with E-state index in [4.69, 9.17) is 0 Å². The number of benzene rings is 1. The fraction of sp³-hybridized carbons (Fsp3) is 0.412. The lowest BCUT2D eigenvalue weighted by Crippen LogP contribution is -2.32. The minimum absolute atomic E-state index is 0.142. The first-order valence-corrected chi connectivity index (χ1v) is 8.17. The van der Waals surface area contributed by atoms with Gasteiger partial charge in [0, 0.05) is 12.6 Å². The molecule has 4 heteroatoms. The van der Waals surface area contributed by atoms with Gasteiger partial charge in [-0.2, -0.15) is 0 Å². The normalized spacial score (nSPS) is 14.2. The number of hydrogen-bond acceptors (Lipinski definition) is 3. The van der Waals surface area contributed by atoms with E-state index in [9.17, 15) is 4.79 Å². The quantitative estimate of drug-likeness (QED) is 0.858. The summed E-state index contributed by atoms with van der Waals surface area (Å²) in [5.74, 6) is 0.142. The van der Waals surface area contributed by atoms with Crippen LogP contribution in [0, 0.1) is 20.8 Å². The Morgan fingerprint density at radius 2 is 2.00 bits per heavy atom. The Labute approximate surface area is 129 Å². The van der Waals surface area contributed by atoms with Crippen LogP contribution < -0.4 is 0 Å². The molecule has 3 rings (SSSR count). The summed E-state index contributed by atoms with van der Waals surface area (Å²) in [6.45, 7) is 6.69. The van der Waals surface area contributed by atoms with Gasteiger partial charge in [0.1, 0.15) is 4.88 Å². The highest BCUT2D eigenvalue weighted by Crippen LogP contribution is 2.32. The Bertz CT molecular complexity index is 673. The van der Waals surface area contributed by atoms with Gasteiger partial charge in [-0.25, -0.2) is 4.98 Å². The van der Waals surface area contributed by atoms with E-state index < -0.39 is 0 Å². The van der Waals surface area contributed by atoms with Gasteiger partial charge in [0.15, 0.2) is 0 Å². The Hall–Kier alpha value is -1.68. The van der Waals surface area contributed by atoms with Gasteiger partial charge in [-0.3, -0.25) is 4.79 Å². The van der Waals surface area contributed by atoms with E-state index in [0.29, 0.717) is 12.6 Å². The van der Waals surface area contributed by atoms with Gasteiger partial charge < -0.3 is 4.90 Å². The van der Waals surface area contributed by atoms with Gasteiger partial charge in [-0.1, -0.05) is 24.3 Å². The van der Waals surface area contributed by atoms with Crippen LogP contribution in [0.3, 0.4) is 0 Å². The number of amides is 1. The number of carbonyl (C=O) groups is 1. The molecule has 0 N–H and O–H groups in total. The van der Waals surface area contributed by atoms with E-state index in [-0.39, 0.29) is 5.91 Å². The average Bonchev–Trinajstić information content (AvgIpc) is 3.22. The number of thiazole rings is 1. The molecule has 2 aromatic rings. The van der Waals surface area contributed by atoms with Crippen LogP contribution in [0.5, 0.6) is 0 Å². The van der Waals surface area contributed by atoms with Crippen molar-refractivity contribution in [2.45, 2.75) is 46.2 Å². The highest BCUT2D eigenvalue weighted by molar-refractivity contribution is 7.13. The summed E-state index contributed by atoms with van der Waals surface area (Å²) in [5.41, 5.74) is 3.34. The second-order valence-corrected chi connectivity index (χ2v) is 6.94. The zero-order valence-electron chi connectivity index (χ0n) is 12.7. The number of hydrogen-bond donors (Lipinski definition) is 0. The molecule has 1 aliphatic rings. The molecule has 0 bridgehead atoms. The van der Waals surface area contributed by atoms with E-state index >= 15 is 0 Å². The third-order valence-electron chi connectivity index (χ3n) is 3.95. The lowest BCUT2D eigenvalue weighted by atomic mass is 10.1. The Kier molecular flexibility index (Phi) is 3.81. The summed E-state index contributed by atoms with van der Waals surface area (Å²) in [5, 5.41) is 0.961. The molecule has 1 amide bonds. The van der Waals surface area contributed by atoms with Crippen molar-refractivity contribution < 1.29 is 4.79 Å². The predicted molar refractivity (Wildman–Crippen MR) is 85.7 cm³/mol. The second kappa shape index (κ2) is 5.60. The fourth-order valence-corrected chi connectivity index (χ4v) is 3.46. The largest absolute Gasteiger partial charge is 0.331 e. The number of carbonyl (C=O) groups excluding carboxylic acids is 1. The molecule has 1 aromatic heterocycles. The van der Waals surface area contributed by atoms with Crippen molar-refractivity contribution >= 4 is 17.2 Å². The van der Waals surface area contributed by atoms with E-state index in [1.807, 2.05) is 30.9 Å². The van der Waals surface area contributed by atoms with Gasteiger partial charge in [-0.15, -0.1) is 11.3 Å². The highest BCUT2D eigenvalue weighted by atomic mass is 32.1. The minimum atomic E-state index is 0.142. The van der Waals surface area contributed by atoms with Crippen molar-refractivity contribution in [3.05, 3.63) is 51.0 Å². The van der Waals surface area contributed by atoms with Gasteiger partial charge >= 0.3 is 0 Å². The fourth-order valence-electron chi connectivity index (χ4n) is 2.58. The van der Waals surface area contributed by atoms with Crippen molar-refractivity contribution in [1.82, 2.24) is 9.88 Å². The molecule has 0 aliphatic heterocycles. The zero-order valence-corrected chi connectivity index (χ0v) is 13.5. The molecule has 21 heavy (non-hydrogen) atoms. The Balaban J connectivity index is 1.87. The van der Waals surface area contributed by atoms with Crippen molar-refractivity contribution in [3.8, 4) is 0 Å². The molecule has 1 fully saturated rings. The molecule has 0 atom stereocenters. The van der Waals surface area contributed by atoms with Crippen molar-refractivity contribution in [1.29, 1.82) is 0 Å². The van der Waals surface area contributed by atoms with Crippen LogP contribution in [0.2, 0.25) is 0 Å². The average molecular weight is 300 g/mol. The molecule has 3 nitrogen and oxygen atoms in total. The third kappa shape index (κ3) is 3.00. The van der Waals surface area contributed by atoms with Crippen LogP contribution >= 0.6 is 11.3 Å². The monoisotopic (exact) mass is 300 g/mol. The first-order valence-electron chi connectivity index (χ1n) is 7.36. The van der Waals surface area contributed by atoms with Crippen LogP contribution in [-0.4, -0.2) is 21.8 Å². The van der Waals surface area contributed by atoms with E-state index in [0.717, 1.165) is 28.4 Å². The summed E-state index contributed by atoms with van der Waals surface area (Å²) in [4.78, 5) is 20.1. The molecule has 110 valence electrons. The molecule has 0 saturated heterocycles. The van der Waals surface area contributed by atoms with Crippen LogP contribution in [0.25, 0.3) is 0 Å². The molecular weight excluding hydrogens is 280 g/mol. The number of aryl methyl sites for hydroxylation is 3. The van der Waals surface area contributed by atoms with E-state index in [1.54, 1.807) is 0 Å².